The second-order valence-electron chi connectivity index (χ2n) is 7.02. The number of hydrogen-bond acceptors (Lipinski definition) is 4. The highest BCUT2D eigenvalue weighted by atomic mass is 19.4. The summed E-state index contributed by atoms with van der Waals surface area (Å²) in [4.78, 5) is 0. The van der Waals surface area contributed by atoms with Crippen LogP contribution in [0.15, 0.2) is 66.9 Å². The Bertz CT molecular complexity index is 1230. The molecular formula is C22H15F6N3O2. The third kappa shape index (κ3) is 5.61. The van der Waals surface area contributed by atoms with Crippen LogP contribution in [0, 0.1) is 0 Å². The fourth-order valence-corrected chi connectivity index (χ4v) is 3.11. The first-order chi connectivity index (χ1) is 15.6. The Balaban J connectivity index is 1.45. The van der Waals surface area contributed by atoms with Crippen LogP contribution < -0.4 is 4.74 Å². The number of alkyl halides is 6. The van der Waals surface area contributed by atoms with Crippen LogP contribution in [0.5, 0.6) is 5.75 Å². The predicted octanol–water partition coefficient (Wildman–Crippen LogP) is 6.03. The van der Waals surface area contributed by atoms with Crippen molar-refractivity contribution in [1.82, 2.24) is 14.6 Å². The van der Waals surface area contributed by atoms with Gasteiger partial charge in [-0.1, -0.05) is 24.3 Å². The summed E-state index contributed by atoms with van der Waals surface area (Å²) in [7, 11) is 0. The van der Waals surface area contributed by atoms with E-state index in [4.69, 9.17) is 4.74 Å². The van der Waals surface area contributed by atoms with Crippen molar-refractivity contribution in [2.75, 3.05) is 0 Å². The molecule has 2 aromatic carbocycles. The highest BCUT2D eigenvalue weighted by molar-refractivity contribution is 5.65. The molecule has 0 atom stereocenters. The molecule has 0 unspecified atom stereocenters. The molecular weight excluding hydrogens is 452 g/mol. The highest BCUT2D eigenvalue weighted by Gasteiger charge is 2.31. The minimum atomic E-state index is -4.77. The van der Waals surface area contributed by atoms with Crippen LogP contribution >= 0.6 is 0 Å². The molecule has 0 radical (unpaired) electrons. The van der Waals surface area contributed by atoms with Crippen LogP contribution in [0.25, 0.3) is 16.8 Å². The van der Waals surface area contributed by atoms with Gasteiger partial charge < -0.3 is 9.47 Å². The first kappa shape index (κ1) is 22.6. The first-order valence-corrected chi connectivity index (χ1v) is 9.52. The summed E-state index contributed by atoms with van der Waals surface area (Å²) in [6, 6.07) is 13.5. The lowest BCUT2D eigenvalue weighted by Crippen LogP contribution is -2.16. The number of fused-ring (bicyclic) bond motifs is 1. The van der Waals surface area contributed by atoms with Crippen molar-refractivity contribution in [2.45, 2.75) is 25.8 Å². The van der Waals surface area contributed by atoms with Gasteiger partial charge in [0, 0.05) is 6.20 Å². The molecule has 11 heteroatoms. The normalized spacial score (nSPS) is 12.3. The lowest BCUT2D eigenvalue weighted by atomic mass is 10.1. The molecule has 0 aliphatic heterocycles. The molecule has 0 amide bonds. The van der Waals surface area contributed by atoms with Crippen LogP contribution in [-0.4, -0.2) is 21.0 Å². The molecule has 0 aliphatic rings. The summed E-state index contributed by atoms with van der Waals surface area (Å²) in [5.74, 6) is 0.129. The van der Waals surface area contributed by atoms with E-state index in [0.29, 0.717) is 28.2 Å². The lowest BCUT2D eigenvalue weighted by Gasteiger charge is -2.10. The molecule has 33 heavy (non-hydrogen) atoms. The number of ether oxygens (including phenoxy) is 2. The van der Waals surface area contributed by atoms with Gasteiger partial charge in [0.25, 0.3) is 0 Å². The van der Waals surface area contributed by atoms with E-state index in [1.54, 1.807) is 22.7 Å². The maximum atomic E-state index is 12.6. The van der Waals surface area contributed by atoms with Gasteiger partial charge in [-0.05, 0) is 53.1 Å². The molecule has 0 spiro atoms. The Morgan fingerprint density at radius 1 is 0.727 bits per heavy atom. The Labute approximate surface area is 183 Å². The van der Waals surface area contributed by atoms with Gasteiger partial charge in [-0.3, -0.25) is 4.40 Å². The topological polar surface area (TPSA) is 48.7 Å². The Morgan fingerprint density at radius 3 is 2.03 bits per heavy atom. The van der Waals surface area contributed by atoms with Crippen LogP contribution in [0.3, 0.4) is 0 Å². The maximum Gasteiger partial charge on any atom is 0.573 e. The van der Waals surface area contributed by atoms with Crippen LogP contribution in [0.4, 0.5) is 26.3 Å². The zero-order chi connectivity index (χ0) is 23.6. The maximum absolute atomic E-state index is 12.6. The smallest absolute Gasteiger partial charge is 0.406 e. The molecule has 0 saturated heterocycles. The SMILES string of the molecule is FC(F)(F)Oc1ccc(-c2ccc3nnc(COCc4ccc(C(F)(F)F)cc4)n3c2)cc1. The predicted molar refractivity (Wildman–Crippen MR) is 105 cm³/mol. The van der Waals surface area contributed by atoms with E-state index in [9.17, 15) is 26.3 Å². The number of aromatic nitrogens is 3. The number of hydrogen-bond donors (Lipinski definition) is 0. The van der Waals surface area contributed by atoms with Gasteiger partial charge in [0.05, 0.1) is 12.2 Å². The summed E-state index contributed by atoms with van der Waals surface area (Å²) in [6.07, 6.45) is -7.45. The third-order valence-electron chi connectivity index (χ3n) is 4.68. The van der Waals surface area contributed by atoms with Crippen molar-refractivity contribution in [1.29, 1.82) is 0 Å². The number of benzene rings is 2. The third-order valence-corrected chi connectivity index (χ3v) is 4.68. The molecule has 0 saturated carbocycles. The van der Waals surface area contributed by atoms with Crippen molar-refractivity contribution >= 4 is 5.65 Å². The average Bonchev–Trinajstić information content (AvgIpc) is 3.15. The van der Waals surface area contributed by atoms with E-state index in [1.807, 2.05) is 0 Å². The van der Waals surface area contributed by atoms with E-state index < -0.39 is 18.1 Å². The standard InChI is InChI=1S/C22H15F6N3O2/c23-21(24,25)17-6-1-14(2-7-17)12-32-13-20-30-29-19-10-5-16(11-31(19)20)15-3-8-18(9-4-15)33-22(26,27)28/h1-11H,12-13H2. The van der Waals surface area contributed by atoms with Crippen LogP contribution in [-0.2, 0) is 24.1 Å². The molecule has 0 aliphatic carbocycles. The number of pyridine rings is 1. The number of nitrogens with zero attached hydrogens (tertiary/aromatic N) is 3. The van der Waals surface area contributed by atoms with Crippen LogP contribution in [0.2, 0.25) is 0 Å². The second-order valence-corrected chi connectivity index (χ2v) is 7.02. The molecule has 4 rings (SSSR count). The van der Waals surface area contributed by atoms with E-state index in [1.165, 1.54) is 36.4 Å². The summed E-state index contributed by atoms with van der Waals surface area (Å²) < 4.78 is 86.0. The number of rotatable bonds is 6. The van der Waals surface area contributed by atoms with Crippen LogP contribution in [0.1, 0.15) is 17.0 Å². The fourth-order valence-electron chi connectivity index (χ4n) is 3.11. The number of halogens is 6. The first-order valence-electron chi connectivity index (χ1n) is 9.52. The van der Waals surface area contributed by atoms with E-state index in [2.05, 4.69) is 14.9 Å². The molecule has 2 aromatic heterocycles. The zero-order valence-corrected chi connectivity index (χ0v) is 16.7. The van der Waals surface area contributed by atoms with Gasteiger partial charge in [0.15, 0.2) is 11.5 Å². The van der Waals surface area contributed by atoms with Crippen molar-refractivity contribution in [3.8, 4) is 16.9 Å². The van der Waals surface area contributed by atoms with E-state index in [-0.39, 0.29) is 19.0 Å². The summed E-state index contributed by atoms with van der Waals surface area (Å²) in [6.45, 7) is 0.122. The van der Waals surface area contributed by atoms with Gasteiger partial charge >= 0.3 is 12.5 Å². The van der Waals surface area contributed by atoms with Gasteiger partial charge in [-0.25, -0.2) is 0 Å². The average molecular weight is 467 g/mol. The summed E-state index contributed by atoms with van der Waals surface area (Å²) in [5.41, 5.74) is 1.71. The van der Waals surface area contributed by atoms with Gasteiger partial charge in [-0.2, -0.15) is 13.2 Å². The molecule has 4 aromatic rings. The monoisotopic (exact) mass is 467 g/mol. The fraction of sp³-hybridized carbons (Fsp3) is 0.182. The Hall–Kier alpha value is -3.60. The minimum absolute atomic E-state index is 0.0456. The second kappa shape index (κ2) is 8.74. The molecule has 0 bridgehead atoms. The van der Waals surface area contributed by atoms with Gasteiger partial charge in [0.2, 0.25) is 0 Å². The van der Waals surface area contributed by atoms with Crippen molar-refractivity contribution in [2.24, 2.45) is 0 Å². The van der Waals surface area contributed by atoms with E-state index in [0.717, 1.165) is 12.1 Å². The van der Waals surface area contributed by atoms with Gasteiger partial charge in [-0.15, -0.1) is 23.4 Å². The minimum Gasteiger partial charge on any atom is -0.406 e. The van der Waals surface area contributed by atoms with Gasteiger partial charge in [0.1, 0.15) is 12.4 Å². The summed E-state index contributed by atoms with van der Waals surface area (Å²) in [5, 5.41) is 8.09. The zero-order valence-electron chi connectivity index (χ0n) is 16.7. The Morgan fingerprint density at radius 2 is 1.39 bits per heavy atom. The molecule has 5 nitrogen and oxygen atoms in total. The lowest BCUT2D eigenvalue weighted by molar-refractivity contribution is -0.274. The van der Waals surface area contributed by atoms with Crippen molar-refractivity contribution in [3.05, 3.63) is 83.8 Å². The van der Waals surface area contributed by atoms with Crippen molar-refractivity contribution < 1.29 is 35.8 Å². The highest BCUT2D eigenvalue weighted by Crippen LogP contribution is 2.29. The molecule has 0 fully saturated rings. The molecule has 172 valence electrons. The largest absolute Gasteiger partial charge is 0.573 e. The van der Waals surface area contributed by atoms with E-state index >= 15 is 0 Å². The molecule has 0 N–H and O–H groups in total. The molecule has 2 heterocycles. The Kier molecular flexibility index (Phi) is 5.98. The summed E-state index contributed by atoms with van der Waals surface area (Å²) >= 11 is 0. The quantitative estimate of drug-likeness (QED) is 0.325. The van der Waals surface area contributed by atoms with Crippen molar-refractivity contribution in [3.63, 3.8) is 0 Å².